The van der Waals surface area contributed by atoms with Crippen molar-refractivity contribution in [3.05, 3.63) is 52.9 Å². The molecule has 1 saturated heterocycles. The smallest absolute Gasteiger partial charge is 0.124 e. The Bertz CT molecular complexity index is 914. The molecule has 35 heavy (non-hydrogen) atoms. The van der Waals surface area contributed by atoms with Crippen LogP contribution in [0.25, 0.3) is 0 Å². The van der Waals surface area contributed by atoms with Crippen LogP contribution < -0.4 is 16.0 Å². The monoisotopic (exact) mass is 476 g/mol. The lowest BCUT2D eigenvalue weighted by Crippen LogP contribution is -2.46. The zero-order valence-corrected chi connectivity index (χ0v) is 21.6. The maximum absolute atomic E-state index is 5.91. The van der Waals surface area contributed by atoms with Gasteiger partial charge in [-0.05, 0) is 107 Å². The summed E-state index contributed by atoms with van der Waals surface area (Å²) < 4.78 is 0. The molecule has 0 unspecified atom stereocenters. The third-order valence-electron chi connectivity index (χ3n) is 7.38. The Morgan fingerprint density at radius 2 is 1.77 bits per heavy atom. The highest BCUT2D eigenvalue weighted by Crippen LogP contribution is 2.27. The van der Waals surface area contributed by atoms with Gasteiger partial charge in [0.05, 0.1) is 0 Å². The van der Waals surface area contributed by atoms with E-state index in [1.807, 2.05) is 13.3 Å². The fourth-order valence-electron chi connectivity index (χ4n) is 5.48. The molecule has 0 radical (unpaired) electrons. The number of hydrogen-bond donors (Lipinski definition) is 2. The summed E-state index contributed by atoms with van der Waals surface area (Å²) in [4.78, 5) is 14.0. The molecule has 4 aliphatic rings. The molecular formula is C29H44N6. The Morgan fingerprint density at radius 3 is 2.51 bits per heavy atom. The van der Waals surface area contributed by atoms with E-state index in [0.717, 1.165) is 70.8 Å². The summed E-state index contributed by atoms with van der Waals surface area (Å²) >= 11 is 0. The lowest BCUT2D eigenvalue weighted by atomic mass is 9.91. The molecule has 5 rings (SSSR count). The summed E-state index contributed by atoms with van der Waals surface area (Å²) in [5.74, 6) is 1.16. The van der Waals surface area contributed by atoms with Crippen molar-refractivity contribution in [1.29, 1.82) is 0 Å². The number of benzene rings is 1. The van der Waals surface area contributed by atoms with Crippen LogP contribution in [0, 0.1) is 0 Å². The van der Waals surface area contributed by atoms with Crippen LogP contribution in [0.4, 0.5) is 5.69 Å². The van der Waals surface area contributed by atoms with Crippen molar-refractivity contribution in [2.75, 3.05) is 57.8 Å². The average Bonchev–Trinajstić information content (AvgIpc) is 2.93. The largest absolute Gasteiger partial charge is 0.368 e. The number of aliphatic imine (C=N–C) groups is 2. The molecule has 0 spiro atoms. The van der Waals surface area contributed by atoms with Gasteiger partial charge in [0.2, 0.25) is 0 Å². The molecule has 3 N–H and O–H groups in total. The summed E-state index contributed by atoms with van der Waals surface area (Å²) in [5, 5.41) is 3.26. The fraction of sp³-hybridized carbons (Fsp3) is 0.586. The van der Waals surface area contributed by atoms with E-state index in [0.29, 0.717) is 6.54 Å². The average molecular weight is 477 g/mol. The third kappa shape index (κ3) is 7.05. The first-order chi connectivity index (χ1) is 17.3. The molecule has 1 aliphatic carbocycles. The van der Waals surface area contributed by atoms with Crippen LogP contribution in [0.15, 0.2) is 51.7 Å². The van der Waals surface area contributed by atoms with Gasteiger partial charge >= 0.3 is 0 Å². The van der Waals surface area contributed by atoms with Crippen molar-refractivity contribution in [2.45, 2.75) is 57.8 Å². The topological polar surface area (TPSA) is 69.2 Å². The van der Waals surface area contributed by atoms with E-state index < -0.39 is 0 Å². The number of likely N-dealkylation sites (N-methyl/N-ethyl adjacent to an activating group) is 1. The second kappa shape index (κ2) is 13.6. The predicted molar refractivity (Wildman–Crippen MR) is 150 cm³/mol. The van der Waals surface area contributed by atoms with Crippen LogP contribution in [0.2, 0.25) is 0 Å². The summed E-state index contributed by atoms with van der Waals surface area (Å²) in [6, 6.07) is 6.71. The summed E-state index contributed by atoms with van der Waals surface area (Å²) in [6.07, 6.45) is 17.3. The molecular weight excluding hydrogens is 432 g/mol. The van der Waals surface area contributed by atoms with Crippen molar-refractivity contribution in [2.24, 2.45) is 15.7 Å². The number of rotatable bonds is 7. The van der Waals surface area contributed by atoms with Gasteiger partial charge in [0.15, 0.2) is 0 Å². The highest BCUT2D eigenvalue weighted by atomic mass is 15.3. The zero-order chi connectivity index (χ0) is 24.3. The lowest BCUT2D eigenvalue weighted by Gasteiger charge is -2.38. The summed E-state index contributed by atoms with van der Waals surface area (Å²) in [6.45, 7) is 6.89. The van der Waals surface area contributed by atoms with Crippen LogP contribution in [-0.4, -0.2) is 69.7 Å². The molecule has 190 valence electrons. The van der Waals surface area contributed by atoms with E-state index in [-0.39, 0.29) is 0 Å². The minimum Gasteiger partial charge on any atom is -0.368 e. The van der Waals surface area contributed by atoms with Crippen LogP contribution in [0.3, 0.4) is 0 Å². The van der Waals surface area contributed by atoms with E-state index >= 15 is 0 Å². The van der Waals surface area contributed by atoms with Gasteiger partial charge in [-0.25, -0.2) is 4.99 Å². The number of dihydropyridines is 1. The SMILES string of the molecule is C1=C2CCCCC2=NCC1.CNCCc1cccc(N2CCN(C3=CCCC=N3)CC2)c1CCN. The quantitative estimate of drug-likeness (QED) is 0.621. The molecule has 0 aromatic heterocycles. The number of nitrogens with two attached hydrogens (primary N) is 1. The number of hydrogen-bond acceptors (Lipinski definition) is 6. The summed E-state index contributed by atoms with van der Waals surface area (Å²) in [7, 11) is 2.01. The molecule has 6 heteroatoms. The van der Waals surface area contributed by atoms with Gasteiger partial charge < -0.3 is 20.9 Å². The van der Waals surface area contributed by atoms with Gasteiger partial charge in [-0.1, -0.05) is 18.2 Å². The van der Waals surface area contributed by atoms with Crippen molar-refractivity contribution in [3.63, 3.8) is 0 Å². The van der Waals surface area contributed by atoms with Gasteiger partial charge in [-0.15, -0.1) is 0 Å². The van der Waals surface area contributed by atoms with Gasteiger partial charge in [0, 0.05) is 50.3 Å². The van der Waals surface area contributed by atoms with E-state index in [1.165, 1.54) is 54.6 Å². The molecule has 1 saturated carbocycles. The molecule has 3 heterocycles. The second-order valence-electron chi connectivity index (χ2n) is 9.79. The van der Waals surface area contributed by atoms with Crippen molar-refractivity contribution in [3.8, 4) is 0 Å². The predicted octanol–water partition coefficient (Wildman–Crippen LogP) is 4.11. The Kier molecular flexibility index (Phi) is 9.96. The maximum atomic E-state index is 5.91. The number of fused-ring (bicyclic) bond motifs is 1. The molecule has 6 nitrogen and oxygen atoms in total. The van der Waals surface area contributed by atoms with Crippen LogP contribution in [-0.2, 0) is 12.8 Å². The Hall–Kier alpha value is -2.44. The number of piperazine rings is 1. The van der Waals surface area contributed by atoms with Crippen molar-refractivity contribution in [1.82, 2.24) is 10.2 Å². The van der Waals surface area contributed by atoms with E-state index in [9.17, 15) is 0 Å². The molecule has 2 fully saturated rings. The van der Waals surface area contributed by atoms with E-state index in [2.05, 4.69) is 55.5 Å². The molecule has 0 bridgehead atoms. The van der Waals surface area contributed by atoms with Gasteiger partial charge in [-0.2, -0.15) is 0 Å². The number of anilines is 1. The van der Waals surface area contributed by atoms with Gasteiger partial charge in [-0.3, -0.25) is 4.99 Å². The van der Waals surface area contributed by atoms with Crippen LogP contribution in [0.5, 0.6) is 0 Å². The first-order valence-electron chi connectivity index (χ1n) is 13.7. The molecule has 1 aromatic rings. The number of nitrogens with zero attached hydrogens (tertiary/aromatic N) is 4. The Labute approximate surface area is 212 Å². The standard InChI is InChI=1S/C20H31N5.C9H13N/c1-22-12-9-17-5-4-6-19(18(17)8-10-21)24-13-15-25(16-14-24)20-7-2-3-11-23-20;1-2-6-9-8(4-1)5-3-7-10-9/h4-7,11,22H,2-3,8-10,12-16,21H2,1H3;5H,1-4,6-7H2. The van der Waals surface area contributed by atoms with Crippen molar-refractivity contribution >= 4 is 17.6 Å². The van der Waals surface area contributed by atoms with Crippen LogP contribution >= 0.6 is 0 Å². The molecule has 1 aromatic carbocycles. The maximum Gasteiger partial charge on any atom is 0.124 e. The minimum absolute atomic E-state index is 0.700. The van der Waals surface area contributed by atoms with E-state index in [1.54, 1.807) is 5.57 Å². The lowest BCUT2D eigenvalue weighted by molar-refractivity contribution is 0.316. The number of allylic oxidation sites excluding steroid dienone is 2. The Balaban J connectivity index is 0.000000239. The molecule has 0 atom stereocenters. The Morgan fingerprint density at radius 1 is 0.943 bits per heavy atom. The van der Waals surface area contributed by atoms with Gasteiger partial charge in [0.1, 0.15) is 5.82 Å². The highest BCUT2D eigenvalue weighted by Gasteiger charge is 2.21. The third-order valence-corrected chi connectivity index (χ3v) is 7.38. The molecule has 3 aliphatic heterocycles. The highest BCUT2D eigenvalue weighted by molar-refractivity contribution is 6.01. The first kappa shape index (κ1) is 25.6. The minimum atomic E-state index is 0.700. The fourth-order valence-corrected chi connectivity index (χ4v) is 5.48. The van der Waals surface area contributed by atoms with E-state index in [4.69, 9.17) is 5.73 Å². The number of nitrogens with one attached hydrogen (secondary N) is 1. The first-order valence-corrected chi connectivity index (χ1v) is 13.7. The second-order valence-corrected chi connectivity index (χ2v) is 9.79. The normalized spacial score (nSPS) is 19.8. The van der Waals surface area contributed by atoms with Crippen molar-refractivity contribution < 1.29 is 0 Å². The molecule has 0 amide bonds. The summed E-state index contributed by atoms with van der Waals surface area (Å²) in [5.41, 5.74) is 13.1. The van der Waals surface area contributed by atoms with Crippen LogP contribution in [0.1, 0.15) is 56.1 Å². The van der Waals surface area contributed by atoms with Gasteiger partial charge in [0.25, 0.3) is 0 Å². The zero-order valence-electron chi connectivity index (χ0n) is 21.6.